The zero-order valence-electron chi connectivity index (χ0n) is 11.7. The van der Waals surface area contributed by atoms with E-state index < -0.39 is 5.91 Å². The van der Waals surface area contributed by atoms with Crippen molar-refractivity contribution in [3.63, 3.8) is 0 Å². The van der Waals surface area contributed by atoms with E-state index in [0.717, 1.165) is 16.8 Å². The maximum atomic E-state index is 13.0. The van der Waals surface area contributed by atoms with Crippen LogP contribution in [0.3, 0.4) is 0 Å². The smallest absolute Gasteiger partial charge is 0.255 e. The molecule has 0 aliphatic carbocycles. The van der Waals surface area contributed by atoms with Crippen molar-refractivity contribution in [1.29, 1.82) is 0 Å². The van der Waals surface area contributed by atoms with E-state index in [1.165, 1.54) is 12.1 Å². The van der Waals surface area contributed by atoms with Gasteiger partial charge in [-0.25, -0.2) is 4.39 Å². The van der Waals surface area contributed by atoms with Gasteiger partial charge in [-0.2, -0.15) is 0 Å². The minimum atomic E-state index is -0.507. The Kier molecular flexibility index (Phi) is 4.77. The number of nitrogens with two attached hydrogens (primary N) is 1. The van der Waals surface area contributed by atoms with Gasteiger partial charge in [-0.05, 0) is 48.4 Å². The predicted molar refractivity (Wildman–Crippen MR) is 79.6 cm³/mol. The second-order valence-corrected chi connectivity index (χ2v) is 4.71. The molecule has 0 aliphatic rings. The van der Waals surface area contributed by atoms with Gasteiger partial charge < -0.3 is 15.8 Å². The number of carbonyl (C=O) groups is 1. The highest BCUT2D eigenvalue weighted by molar-refractivity contribution is 5.75. The first kappa shape index (κ1) is 14.8. The summed E-state index contributed by atoms with van der Waals surface area (Å²) < 4.78 is 18.2. The largest absolute Gasteiger partial charge is 0.484 e. The minimum Gasteiger partial charge on any atom is -0.484 e. The van der Waals surface area contributed by atoms with Crippen LogP contribution in [0.1, 0.15) is 11.1 Å². The summed E-state index contributed by atoms with van der Waals surface area (Å²) in [4.78, 5) is 10.6. The van der Waals surface area contributed by atoms with Gasteiger partial charge in [0, 0.05) is 12.2 Å². The molecule has 5 heteroatoms. The van der Waals surface area contributed by atoms with Crippen LogP contribution < -0.4 is 15.8 Å². The molecule has 0 fully saturated rings. The first-order chi connectivity index (χ1) is 10.0. The maximum Gasteiger partial charge on any atom is 0.255 e. The van der Waals surface area contributed by atoms with E-state index in [4.69, 9.17) is 10.5 Å². The van der Waals surface area contributed by atoms with E-state index in [0.29, 0.717) is 12.3 Å². The van der Waals surface area contributed by atoms with Crippen LogP contribution in [0.15, 0.2) is 42.5 Å². The summed E-state index contributed by atoms with van der Waals surface area (Å²) in [6.45, 7) is 2.33. The van der Waals surface area contributed by atoms with E-state index in [2.05, 4.69) is 5.32 Å². The average molecular weight is 288 g/mol. The molecule has 110 valence electrons. The quantitative estimate of drug-likeness (QED) is 0.858. The minimum absolute atomic E-state index is 0.133. The zero-order valence-corrected chi connectivity index (χ0v) is 11.7. The van der Waals surface area contributed by atoms with Crippen LogP contribution in [0, 0.1) is 12.7 Å². The molecule has 0 unspecified atom stereocenters. The van der Waals surface area contributed by atoms with Gasteiger partial charge in [0.05, 0.1) is 0 Å². The number of nitrogens with one attached hydrogen (secondary N) is 1. The Hall–Kier alpha value is -2.56. The molecule has 0 atom stereocenters. The van der Waals surface area contributed by atoms with Gasteiger partial charge in [0.15, 0.2) is 6.61 Å². The number of hydrogen-bond acceptors (Lipinski definition) is 3. The number of hydrogen-bond donors (Lipinski definition) is 2. The Morgan fingerprint density at radius 3 is 2.57 bits per heavy atom. The number of carbonyl (C=O) groups excluding carboxylic acids is 1. The molecule has 2 aromatic carbocycles. The Balaban J connectivity index is 1.92. The van der Waals surface area contributed by atoms with Crippen LogP contribution in [-0.4, -0.2) is 12.5 Å². The van der Waals surface area contributed by atoms with Crippen molar-refractivity contribution in [3.8, 4) is 5.75 Å². The summed E-state index contributed by atoms with van der Waals surface area (Å²) in [6, 6.07) is 12.0. The van der Waals surface area contributed by atoms with Gasteiger partial charge in [0.1, 0.15) is 11.6 Å². The predicted octanol–water partition coefficient (Wildman–Crippen LogP) is 2.61. The monoisotopic (exact) mass is 288 g/mol. The van der Waals surface area contributed by atoms with Crippen molar-refractivity contribution in [2.24, 2.45) is 5.73 Å². The van der Waals surface area contributed by atoms with E-state index >= 15 is 0 Å². The lowest BCUT2D eigenvalue weighted by Gasteiger charge is -2.10. The molecule has 0 spiro atoms. The topological polar surface area (TPSA) is 64.3 Å². The van der Waals surface area contributed by atoms with Crippen LogP contribution in [0.2, 0.25) is 0 Å². The molecular weight excluding hydrogens is 271 g/mol. The molecule has 0 bridgehead atoms. The number of aryl methyl sites for hydroxylation is 1. The fourth-order valence-corrected chi connectivity index (χ4v) is 1.88. The average Bonchev–Trinajstić information content (AvgIpc) is 2.45. The fourth-order valence-electron chi connectivity index (χ4n) is 1.88. The van der Waals surface area contributed by atoms with Gasteiger partial charge in [0.2, 0.25) is 0 Å². The number of anilines is 1. The molecule has 2 rings (SSSR count). The summed E-state index contributed by atoms with van der Waals surface area (Å²) in [5, 5.41) is 3.24. The Labute approximate surface area is 122 Å². The van der Waals surface area contributed by atoms with E-state index in [1.54, 1.807) is 18.2 Å². The van der Waals surface area contributed by atoms with Crippen molar-refractivity contribution < 1.29 is 13.9 Å². The lowest BCUT2D eigenvalue weighted by atomic mass is 10.1. The van der Waals surface area contributed by atoms with Crippen molar-refractivity contribution in [3.05, 3.63) is 59.4 Å². The van der Waals surface area contributed by atoms with Crippen LogP contribution in [0.25, 0.3) is 0 Å². The van der Waals surface area contributed by atoms with Crippen LogP contribution in [0.4, 0.5) is 10.1 Å². The lowest BCUT2D eigenvalue weighted by Crippen LogP contribution is -2.19. The van der Waals surface area contributed by atoms with Gasteiger partial charge in [-0.3, -0.25) is 4.79 Å². The molecule has 0 saturated carbocycles. The Morgan fingerprint density at radius 2 is 1.95 bits per heavy atom. The van der Waals surface area contributed by atoms with Gasteiger partial charge in [0.25, 0.3) is 5.91 Å². The first-order valence-electron chi connectivity index (χ1n) is 6.54. The molecule has 2 aromatic rings. The maximum absolute atomic E-state index is 13.0. The van der Waals surface area contributed by atoms with E-state index in [9.17, 15) is 9.18 Å². The van der Waals surface area contributed by atoms with Gasteiger partial charge in [-0.15, -0.1) is 0 Å². The molecule has 21 heavy (non-hydrogen) atoms. The highest BCUT2D eigenvalue weighted by Gasteiger charge is 2.01. The zero-order chi connectivity index (χ0) is 15.2. The number of benzene rings is 2. The summed E-state index contributed by atoms with van der Waals surface area (Å²) >= 11 is 0. The Morgan fingerprint density at radius 1 is 1.24 bits per heavy atom. The summed E-state index contributed by atoms with van der Waals surface area (Å²) in [5.41, 5.74) is 7.80. The molecule has 3 N–H and O–H groups in total. The molecule has 1 amide bonds. The highest BCUT2D eigenvalue weighted by Crippen LogP contribution is 2.18. The SMILES string of the molecule is Cc1cc(F)ccc1NCc1ccc(OCC(N)=O)cc1. The normalized spacial score (nSPS) is 10.2. The summed E-state index contributed by atoms with van der Waals surface area (Å²) in [7, 11) is 0. The van der Waals surface area contributed by atoms with Crippen LogP contribution >= 0.6 is 0 Å². The van der Waals surface area contributed by atoms with Crippen molar-refractivity contribution in [2.45, 2.75) is 13.5 Å². The number of rotatable bonds is 6. The third-order valence-electron chi connectivity index (χ3n) is 2.98. The number of primary amides is 1. The standard InChI is InChI=1S/C16H17FN2O2/c1-11-8-13(17)4-7-15(11)19-9-12-2-5-14(6-3-12)21-10-16(18)20/h2-8,19H,9-10H2,1H3,(H2,18,20). The molecule has 0 saturated heterocycles. The van der Waals surface area contributed by atoms with Crippen molar-refractivity contribution >= 4 is 11.6 Å². The summed E-state index contributed by atoms with van der Waals surface area (Å²) in [5.74, 6) is -0.156. The Bertz CT molecular complexity index is 627. The number of amides is 1. The van der Waals surface area contributed by atoms with Gasteiger partial charge >= 0.3 is 0 Å². The third kappa shape index (κ3) is 4.49. The molecule has 0 radical (unpaired) electrons. The van der Waals surface area contributed by atoms with Crippen LogP contribution in [-0.2, 0) is 11.3 Å². The third-order valence-corrected chi connectivity index (χ3v) is 2.98. The van der Waals surface area contributed by atoms with Crippen molar-refractivity contribution in [1.82, 2.24) is 0 Å². The molecule has 0 heterocycles. The first-order valence-corrected chi connectivity index (χ1v) is 6.54. The molecule has 0 aromatic heterocycles. The fraction of sp³-hybridized carbons (Fsp3) is 0.188. The van der Waals surface area contributed by atoms with Gasteiger partial charge in [-0.1, -0.05) is 12.1 Å². The molecular formula is C16H17FN2O2. The molecule has 0 aliphatic heterocycles. The lowest BCUT2D eigenvalue weighted by molar-refractivity contribution is -0.119. The van der Waals surface area contributed by atoms with Crippen molar-refractivity contribution in [2.75, 3.05) is 11.9 Å². The summed E-state index contributed by atoms with van der Waals surface area (Å²) in [6.07, 6.45) is 0. The number of ether oxygens (including phenoxy) is 1. The van der Waals surface area contributed by atoms with E-state index in [-0.39, 0.29) is 12.4 Å². The van der Waals surface area contributed by atoms with Crippen LogP contribution in [0.5, 0.6) is 5.75 Å². The second kappa shape index (κ2) is 6.74. The van der Waals surface area contributed by atoms with E-state index in [1.807, 2.05) is 19.1 Å². The number of halogens is 1. The highest BCUT2D eigenvalue weighted by atomic mass is 19.1. The second-order valence-electron chi connectivity index (χ2n) is 4.71. The molecule has 4 nitrogen and oxygen atoms in total.